The topological polar surface area (TPSA) is 15.3 Å². The summed E-state index contributed by atoms with van der Waals surface area (Å²) in [7, 11) is 9.75. The molecular formula is C5H16BN2. The lowest BCUT2D eigenvalue weighted by atomic mass is 10.8. The Hall–Kier alpha value is -0.0151. The summed E-state index contributed by atoms with van der Waals surface area (Å²) in [6.45, 7) is 0. The molecular weight excluding hydrogens is 98.9 g/mol. The Morgan fingerprint density at radius 1 is 1.00 bits per heavy atom. The van der Waals surface area contributed by atoms with Crippen molar-refractivity contribution >= 4 is 8.41 Å². The molecule has 0 saturated heterocycles. The molecule has 2 nitrogen and oxygen atoms in total. The summed E-state index contributed by atoms with van der Waals surface area (Å²) in [6.07, 6.45) is 0. The quantitative estimate of drug-likeness (QED) is 0.433. The molecule has 0 saturated carbocycles. The number of nitrogens with one attached hydrogen (secondary N) is 1. The Bertz CT molecular complexity index is 21.6. The van der Waals surface area contributed by atoms with Crippen molar-refractivity contribution in [2.45, 2.75) is 0 Å². The second-order valence-corrected chi connectivity index (χ2v) is 1.84. The van der Waals surface area contributed by atoms with Gasteiger partial charge in [-0.1, -0.05) is 0 Å². The van der Waals surface area contributed by atoms with Gasteiger partial charge in [0.15, 0.2) is 0 Å². The van der Waals surface area contributed by atoms with E-state index in [0.717, 1.165) is 0 Å². The molecule has 0 aliphatic heterocycles. The third-order valence-corrected chi connectivity index (χ3v) is 0. The summed E-state index contributed by atoms with van der Waals surface area (Å²) in [5.41, 5.74) is 0. The molecule has 0 aromatic rings. The van der Waals surface area contributed by atoms with Crippen molar-refractivity contribution in [1.82, 2.24) is 10.2 Å². The van der Waals surface area contributed by atoms with Crippen LogP contribution in [0.1, 0.15) is 0 Å². The van der Waals surface area contributed by atoms with Crippen LogP contribution < -0.4 is 5.32 Å². The second-order valence-electron chi connectivity index (χ2n) is 1.84. The first kappa shape index (κ1) is 15.7. The Morgan fingerprint density at radius 3 is 1.00 bits per heavy atom. The lowest BCUT2D eigenvalue weighted by Gasteiger charge is -1.90. The fourth-order valence-corrected chi connectivity index (χ4v) is 0. The average molecular weight is 115 g/mol. The lowest BCUT2D eigenvalue weighted by Crippen LogP contribution is -1.99. The minimum absolute atomic E-state index is 0. The van der Waals surface area contributed by atoms with Gasteiger partial charge in [0.1, 0.15) is 0 Å². The maximum Gasteiger partial charge on any atom is 0 e. The van der Waals surface area contributed by atoms with E-state index in [1.54, 1.807) is 0 Å². The number of nitrogens with zero attached hydrogens (tertiary/aromatic N) is 1. The highest BCUT2D eigenvalue weighted by atomic mass is 15.0. The van der Waals surface area contributed by atoms with E-state index < -0.39 is 0 Å². The van der Waals surface area contributed by atoms with E-state index in [1.807, 2.05) is 40.1 Å². The van der Waals surface area contributed by atoms with Gasteiger partial charge in [0.05, 0.1) is 0 Å². The van der Waals surface area contributed by atoms with E-state index >= 15 is 0 Å². The summed E-state index contributed by atoms with van der Waals surface area (Å²) < 4.78 is 0. The Kier molecular flexibility index (Phi) is 30.9. The zero-order valence-electron chi connectivity index (χ0n) is 6.52. The molecule has 0 heterocycles. The van der Waals surface area contributed by atoms with Crippen LogP contribution in [0.5, 0.6) is 0 Å². The van der Waals surface area contributed by atoms with Gasteiger partial charge >= 0.3 is 0 Å². The second kappa shape index (κ2) is 15.8. The fourth-order valence-electron chi connectivity index (χ4n) is 0. The highest BCUT2D eigenvalue weighted by molar-refractivity contribution is 5.75. The van der Waals surface area contributed by atoms with Crippen molar-refractivity contribution in [2.24, 2.45) is 0 Å². The van der Waals surface area contributed by atoms with Crippen LogP contribution in [0, 0.1) is 0 Å². The van der Waals surface area contributed by atoms with Gasteiger partial charge in [-0.15, -0.1) is 0 Å². The van der Waals surface area contributed by atoms with Crippen LogP contribution in [0.25, 0.3) is 0 Å². The normalized spacial score (nSPS) is 6.75. The SMILES string of the molecule is CN(C)C.CNC.[B]. The van der Waals surface area contributed by atoms with Gasteiger partial charge in [0.25, 0.3) is 0 Å². The molecule has 0 rings (SSSR count). The highest BCUT2D eigenvalue weighted by Crippen LogP contribution is 1.47. The van der Waals surface area contributed by atoms with Crippen LogP contribution in [0.15, 0.2) is 0 Å². The predicted octanol–water partition coefficient (Wildman–Crippen LogP) is -0.367. The van der Waals surface area contributed by atoms with Gasteiger partial charge in [-0.2, -0.15) is 0 Å². The first-order valence-electron chi connectivity index (χ1n) is 2.34. The highest BCUT2D eigenvalue weighted by Gasteiger charge is 1.58. The molecule has 0 bridgehead atoms. The molecule has 0 aliphatic carbocycles. The summed E-state index contributed by atoms with van der Waals surface area (Å²) in [4.78, 5) is 2.00. The maximum atomic E-state index is 2.75. The summed E-state index contributed by atoms with van der Waals surface area (Å²) in [5, 5.41) is 2.75. The summed E-state index contributed by atoms with van der Waals surface area (Å²) in [5.74, 6) is 0. The Labute approximate surface area is 54.8 Å². The molecule has 1 N–H and O–H groups in total. The van der Waals surface area contributed by atoms with Crippen molar-refractivity contribution < 1.29 is 0 Å². The first-order chi connectivity index (χ1) is 3.15. The average Bonchev–Trinajstić information content (AvgIpc) is 1.33. The zero-order valence-corrected chi connectivity index (χ0v) is 6.52. The first-order valence-corrected chi connectivity index (χ1v) is 2.34. The minimum Gasteiger partial charge on any atom is -0.323 e. The molecule has 0 fully saturated rings. The van der Waals surface area contributed by atoms with E-state index in [2.05, 4.69) is 5.32 Å². The fraction of sp³-hybridized carbons (Fsp3) is 1.00. The van der Waals surface area contributed by atoms with Crippen molar-refractivity contribution in [1.29, 1.82) is 0 Å². The van der Waals surface area contributed by atoms with Gasteiger partial charge in [-0.05, 0) is 35.2 Å². The maximum absolute atomic E-state index is 2.75. The number of rotatable bonds is 0. The molecule has 3 radical (unpaired) electrons. The monoisotopic (exact) mass is 115 g/mol. The van der Waals surface area contributed by atoms with E-state index in [1.165, 1.54) is 0 Å². The van der Waals surface area contributed by atoms with E-state index in [0.29, 0.717) is 0 Å². The van der Waals surface area contributed by atoms with Crippen LogP contribution in [0.3, 0.4) is 0 Å². The van der Waals surface area contributed by atoms with Crippen LogP contribution in [-0.2, 0) is 0 Å². The Balaban J connectivity index is -0.0000000575. The van der Waals surface area contributed by atoms with Crippen LogP contribution in [0.4, 0.5) is 0 Å². The van der Waals surface area contributed by atoms with E-state index in [4.69, 9.17) is 0 Å². The van der Waals surface area contributed by atoms with Crippen LogP contribution in [-0.4, -0.2) is 48.6 Å². The van der Waals surface area contributed by atoms with E-state index in [9.17, 15) is 0 Å². The van der Waals surface area contributed by atoms with Crippen LogP contribution in [0.2, 0.25) is 0 Å². The molecule has 49 valence electrons. The van der Waals surface area contributed by atoms with Crippen LogP contribution >= 0.6 is 0 Å². The van der Waals surface area contributed by atoms with Gasteiger partial charge in [0, 0.05) is 8.41 Å². The summed E-state index contributed by atoms with van der Waals surface area (Å²) >= 11 is 0. The largest absolute Gasteiger partial charge is 0.323 e. The van der Waals surface area contributed by atoms with Gasteiger partial charge in [-0.3, -0.25) is 0 Å². The van der Waals surface area contributed by atoms with Gasteiger partial charge in [0.2, 0.25) is 0 Å². The minimum atomic E-state index is 0. The smallest absolute Gasteiger partial charge is 0 e. The molecule has 3 heteroatoms. The van der Waals surface area contributed by atoms with Gasteiger partial charge < -0.3 is 10.2 Å². The molecule has 8 heavy (non-hydrogen) atoms. The van der Waals surface area contributed by atoms with Crippen molar-refractivity contribution in [3.8, 4) is 0 Å². The third kappa shape index (κ3) is 655000. The number of hydrogen-bond donors (Lipinski definition) is 1. The Morgan fingerprint density at radius 2 is 1.00 bits per heavy atom. The predicted molar refractivity (Wildman–Crippen MR) is 40.3 cm³/mol. The zero-order chi connectivity index (χ0) is 6.28. The lowest BCUT2D eigenvalue weighted by molar-refractivity contribution is 0.505. The molecule has 0 aromatic heterocycles. The molecule has 0 spiro atoms. The summed E-state index contributed by atoms with van der Waals surface area (Å²) in [6, 6.07) is 0. The molecule has 0 aliphatic rings. The van der Waals surface area contributed by atoms with Gasteiger partial charge in [-0.25, -0.2) is 0 Å². The standard InChI is InChI=1S/C3H9N.C2H7N.B/c1-4(2)3;1-3-2;/h1-3H3;3H,1-2H3;. The molecule has 0 aromatic carbocycles. The third-order valence-electron chi connectivity index (χ3n) is 0. The number of hydrogen-bond acceptors (Lipinski definition) is 2. The molecule has 0 amide bonds. The molecule has 0 atom stereocenters. The molecule has 0 unspecified atom stereocenters. The van der Waals surface area contributed by atoms with Crippen molar-refractivity contribution in [3.05, 3.63) is 0 Å². The van der Waals surface area contributed by atoms with Crippen molar-refractivity contribution in [2.75, 3.05) is 35.2 Å². The van der Waals surface area contributed by atoms with Crippen molar-refractivity contribution in [3.63, 3.8) is 0 Å². The van der Waals surface area contributed by atoms with E-state index in [-0.39, 0.29) is 8.41 Å².